The summed E-state index contributed by atoms with van der Waals surface area (Å²) in [6, 6.07) is 5.82. The van der Waals surface area contributed by atoms with Crippen LogP contribution in [0, 0.1) is 12.8 Å². The molecular weight excluding hydrogens is 330 g/mol. The fourth-order valence-electron chi connectivity index (χ4n) is 3.38. The summed E-state index contributed by atoms with van der Waals surface area (Å²) >= 11 is 1.32. The van der Waals surface area contributed by atoms with Crippen LogP contribution in [-0.2, 0) is 9.59 Å². The van der Waals surface area contributed by atoms with E-state index in [0.717, 1.165) is 5.56 Å². The van der Waals surface area contributed by atoms with Gasteiger partial charge in [-0.3, -0.25) is 9.59 Å². The lowest BCUT2D eigenvalue weighted by Gasteiger charge is -2.45. The highest BCUT2D eigenvalue weighted by molar-refractivity contribution is 8.01. The molecule has 128 valence electrons. The highest BCUT2D eigenvalue weighted by Crippen LogP contribution is 2.54. The predicted octanol–water partition coefficient (Wildman–Crippen LogP) is 1.30. The third-order valence-corrected chi connectivity index (χ3v) is 6.25. The Balaban J connectivity index is 1.82. The third kappa shape index (κ3) is 2.43. The number of β-lactam (4-membered cyclic amide) rings is 1. The van der Waals surface area contributed by atoms with Gasteiger partial charge < -0.3 is 15.1 Å². The standard InChI is InChI=1S/C17H19NO5S/c1-8-4-6-9(7-5-8)11(19)12(20)10-14(21)18-13(16(22)23)17(2,3)24-15(10)18/h4-7,10,12-13,15,20H,1-3H3,(H,22,23)/t10-,12+,13+,15-/m1/s1. The number of hydrogen-bond acceptors (Lipinski definition) is 5. The number of aryl methyl sites for hydroxylation is 1. The Morgan fingerprint density at radius 1 is 1.25 bits per heavy atom. The summed E-state index contributed by atoms with van der Waals surface area (Å²) in [5, 5.41) is 19.3. The van der Waals surface area contributed by atoms with E-state index in [9.17, 15) is 24.6 Å². The van der Waals surface area contributed by atoms with Crippen LogP contribution in [0.1, 0.15) is 29.8 Å². The van der Waals surface area contributed by atoms with Gasteiger partial charge >= 0.3 is 5.97 Å². The summed E-state index contributed by atoms with van der Waals surface area (Å²) in [6.45, 7) is 5.40. The maximum Gasteiger partial charge on any atom is 0.327 e. The van der Waals surface area contributed by atoms with Gasteiger partial charge in [0, 0.05) is 10.3 Å². The molecule has 4 atom stereocenters. The molecular formula is C17H19NO5S. The van der Waals surface area contributed by atoms with Crippen LogP contribution < -0.4 is 0 Å². The molecule has 1 aromatic carbocycles. The molecule has 2 aliphatic rings. The van der Waals surface area contributed by atoms with E-state index in [2.05, 4.69) is 0 Å². The van der Waals surface area contributed by atoms with Crippen molar-refractivity contribution >= 4 is 29.4 Å². The van der Waals surface area contributed by atoms with Gasteiger partial charge in [0.05, 0.1) is 5.37 Å². The average Bonchev–Trinajstić information content (AvgIpc) is 2.75. The van der Waals surface area contributed by atoms with E-state index in [1.54, 1.807) is 38.1 Å². The molecule has 0 aromatic heterocycles. The number of amides is 1. The van der Waals surface area contributed by atoms with E-state index in [4.69, 9.17) is 0 Å². The van der Waals surface area contributed by atoms with Gasteiger partial charge in [-0.2, -0.15) is 0 Å². The van der Waals surface area contributed by atoms with Crippen molar-refractivity contribution in [2.45, 2.75) is 43.0 Å². The van der Waals surface area contributed by atoms with Crippen LogP contribution in [0.2, 0.25) is 0 Å². The Hall–Kier alpha value is -1.86. The minimum absolute atomic E-state index is 0.344. The predicted molar refractivity (Wildman–Crippen MR) is 88.7 cm³/mol. The number of aliphatic hydroxyl groups is 1. The monoisotopic (exact) mass is 349 g/mol. The third-order valence-electron chi connectivity index (χ3n) is 4.66. The number of hydrogen-bond donors (Lipinski definition) is 2. The lowest BCUT2D eigenvalue weighted by atomic mass is 9.85. The largest absolute Gasteiger partial charge is 0.480 e. The van der Waals surface area contributed by atoms with Crippen LogP contribution in [0.15, 0.2) is 24.3 Å². The Labute approximate surface area is 143 Å². The highest BCUT2D eigenvalue weighted by atomic mass is 32.2. The van der Waals surface area contributed by atoms with Crippen LogP contribution in [0.25, 0.3) is 0 Å². The number of benzene rings is 1. The van der Waals surface area contributed by atoms with Gasteiger partial charge in [-0.1, -0.05) is 29.8 Å². The number of carbonyl (C=O) groups excluding carboxylic acids is 2. The molecule has 2 aliphatic heterocycles. The molecule has 24 heavy (non-hydrogen) atoms. The second-order valence-corrected chi connectivity index (χ2v) is 8.57. The topological polar surface area (TPSA) is 94.9 Å². The number of nitrogens with zero attached hydrogens (tertiary/aromatic N) is 1. The Morgan fingerprint density at radius 2 is 1.83 bits per heavy atom. The molecule has 2 saturated heterocycles. The minimum Gasteiger partial charge on any atom is -0.480 e. The number of rotatable bonds is 4. The summed E-state index contributed by atoms with van der Waals surface area (Å²) in [6.07, 6.45) is -1.46. The van der Waals surface area contributed by atoms with Crippen molar-refractivity contribution < 1.29 is 24.6 Å². The molecule has 0 bridgehead atoms. The van der Waals surface area contributed by atoms with E-state index in [1.165, 1.54) is 16.7 Å². The lowest BCUT2D eigenvalue weighted by molar-refractivity contribution is -0.167. The van der Waals surface area contributed by atoms with E-state index in [1.807, 2.05) is 6.92 Å². The number of carboxylic acid groups (broad SMARTS) is 1. The molecule has 0 unspecified atom stereocenters. The number of thioether (sulfide) groups is 1. The molecule has 2 fully saturated rings. The van der Waals surface area contributed by atoms with Crippen molar-refractivity contribution in [1.82, 2.24) is 4.90 Å². The zero-order valence-corrected chi connectivity index (χ0v) is 14.4. The van der Waals surface area contributed by atoms with Crippen molar-refractivity contribution in [2.24, 2.45) is 5.92 Å². The number of Topliss-reactive ketones (excluding diaryl/α,β-unsaturated/α-hetero) is 1. The second-order valence-electron chi connectivity index (χ2n) is 6.80. The minimum atomic E-state index is -1.46. The van der Waals surface area contributed by atoms with E-state index in [0.29, 0.717) is 5.56 Å². The van der Waals surface area contributed by atoms with Crippen molar-refractivity contribution in [3.05, 3.63) is 35.4 Å². The first-order chi connectivity index (χ1) is 11.1. The van der Waals surface area contributed by atoms with Crippen LogP contribution in [0.3, 0.4) is 0 Å². The molecule has 0 spiro atoms. The summed E-state index contributed by atoms with van der Waals surface area (Å²) in [5.41, 5.74) is 1.33. The molecule has 1 amide bonds. The molecule has 1 aromatic rings. The van der Waals surface area contributed by atoms with Gasteiger partial charge in [0.1, 0.15) is 18.1 Å². The Morgan fingerprint density at radius 3 is 2.38 bits per heavy atom. The molecule has 3 rings (SSSR count). The molecule has 7 heteroatoms. The van der Waals surface area contributed by atoms with Gasteiger partial charge in [-0.25, -0.2) is 4.79 Å². The van der Waals surface area contributed by atoms with E-state index < -0.39 is 45.8 Å². The zero-order chi connectivity index (χ0) is 17.8. The molecule has 2 heterocycles. The number of aliphatic carboxylic acids is 1. The van der Waals surface area contributed by atoms with Crippen molar-refractivity contribution in [3.8, 4) is 0 Å². The quantitative estimate of drug-likeness (QED) is 0.628. The fraction of sp³-hybridized carbons (Fsp3) is 0.471. The lowest BCUT2D eigenvalue weighted by Crippen LogP contribution is -2.66. The fourth-order valence-corrected chi connectivity index (χ4v) is 5.10. The van der Waals surface area contributed by atoms with Gasteiger partial charge in [-0.15, -0.1) is 11.8 Å². The first kappa shape index (κ1) is 17.0. The number of carbonyl (C=O) groups is 3. The molecule has 0 saturated carbocycles. The van der Waals surface area contributed by atoms with Crippen molar-refractivity contribution in [3.63, 3.8) is 0 Å². The second kappa shape index (κ2) is 5.60. The SMILES string of the molecule is Cc1ccc(C(=O)[C@@H](O)[C@@H]2C(=O)N3[C@@H]2SC(C)(C)[C@@H]3C(=O)O)cc1. The molecule has 6 nitrogen and oxygen atoms in total. The summed E-state index contributed by atoms with van der Waals surface area (Å²) in [5.74, 6) is -2.95. The Kier molecular flexibility index (Phi) is 3.96. The van der Waals surface area contributed by atoms with Gasteiger partial charge in [0.15, 0.2) is 5.78 Å². The highest BCUT2D eigenvalue weighted by Gasteiger charge is 2.65. The van der Waals surface area contributed by atoms with Gasteiger partial charge in [0.2, 0.25) is 5.91 Å². The Bertz CT molecular complexity index is 714. The smallest absolute Gasteiger partial charge is 0.327 e. The van der Waals surface area contributed by atoms with Crippen molar-refractivity contribution in [2.75, 3.05) is 0 Å². The first-order valence-corrected chi connectivity index (χ1v) is 8.55. The molecule has 0 aliphatic carbocycles. The number of ketones is 1. The maximum absolute atomic E-state index is 12.5. The number of fused-ring (bicyclic) bond motifs is 1. The normalized spacial score (nSPS) is 28.9. The molecule has 0 radical (unpaired) electrons. The summed E-state index contributed by atoms with van der Waals surface area (Å²) in [4.78, 5) is 37.6. The maximum atomic E-state index is 12.5. The van der Waals surface area contributed by atoms with E-state index >= 15 is 0 Å². The molecule has 2 N–H and O–H groups in total. The van der Waals surface area contributed by atoms with Crippen LogP contribution in [-0.4, -0.2) is 55.0 Å². The van der Waals surface area contributed by atoms with Crippen molar-refractivity contribution in [1.29, 1.82) is 0 Å². The van der Waals surface area contributed by atoms with Crippen LogP contribution in [0.5, 0.6) is 0 Å². The van der Waals surface area contributed by atoms with E-state index in [-0.39, 0.29) is 0 Å². The van der Waals surface area contributed by atoms with Gasteiger partial charge in [-0.05, 0) is 20.8 Å². The number of aliphatic hydroxyl groups excluding tert-OH is 1. The average molecular weight is 349 g/mol. The van der Waals surface area contributed by atoms with Gasteiger partial charge in [0.25, 0.3) is 0 Å². The summed E-state index contributed by atoms with van der Waals surface area (Å²) in [7, 11) is 0. The van der Waals surface area contributed by atoms with Crippen LogP contribution >= 0.6 is 11.8 Å². The summed E-state index contributed by atoms with van der Waals surface area (Å²) < 4.78 is -0.673. The number of carboxylic acids is 1. The first-order valence-electron chi connectivity index (χ1n) is 7.67. The van der Waals surface area contributed by atoms with Crippen LogP contribution in [0.4, 0.5) is 0 Å². The zero-order valence-electron chi connectivity index (χ0n) is 13.6.